The first kappa shape index (κ1) is 16.7. The van der Waals surface area contributed by atoms with Crippen LogP contribution in [0, 0.1) is 0 Å². The fourth-order valence-electron chi connectivity index (χ4n) is 1.23. The van der Waals surface area contributed by atoms with E-state index in [2.05, 4.69) is 10.6 Å². The maximum Gasteiger partial charge on any atom is 0.407 e. The molecule has 0 fully saturated rings. The van der Waals surface area contributed by atoms with Crippen LogP contribution in [-0.2, 0) is 9.53 Å². The van der Waals surface area contributed by atoms with Crippen molar-refractivity contribution in [2.24, 2.45) is 5.73 Å². The van der Waals surface area contributed by atoms with Crippen LogP contribution in [-0.4, -0.2) is 36.7 Å². The molecule has 0 aromatic heterocycles. The summed E-state index contributed by atoms with van der Waals surface area (Å²) >= 11 is 0. The summed E-state index contributed by atoms with van der Waals surface area (Å²) < 4.78 is 5.11. The third-order valence-corrected chi connectivity index (χ3v) is 2.04. The van der Waals surface area contributed by atoms with Crippen molar-refractivity contribution in [1.29, 1.82) is 0 Å². The summed E-state index contributed by atoms with van der Waals surface area (Å²) in [5.41, 5.74) is 4.54. The predicted molar refractivity (Wildman–Crippen MR) is 70.1 cm³/mol. The minimum Gasteiger partial charge on any atom is -0.444 e. The van der Waals surface area contributed by atoms with Crippen LogP contribution >= 0.6 is 0 Å². The van der Waals surface area contributed by atoms with Crippen LogP contribution in [0.2, 0.25) is 0 Å². The summed E-state index contributed by atoms with van der Waals surface area (Å²) in [6, 6.07) is 0.116. The average Bonchev–Trinajstić information content (AvgIpc) is 2.19. The highest BCUT2D eigenvalue weighted by molar-refractivity contribution is 5.73. The molecule has 0 aromatic carbocycles. The van der Waals surface area contributed by atoms with E-state index in [1.165, 1.54) is 0 Å². The zero-order valence-corrected chi connectivity index (χ0v) is 11.7. The molecule has 2 amide bonds. The van der Waals surface area contributed by atoms with Gasteiger partial charge in [-0.25, -0.2) is 4.79 Å². The number of hydrogen-bond acceptors (Lipinski definition) is 4. The van der Waals surface area contributed by atoms with Gasteiger partial charge in [0.2, 0.25) is 5.91 Å². The van der Waals surface area contributed by atoms with Crippen molar-refractivity contribution in [2.45, 2.75) is 52.2 Å². The van der Waals surface area contributed by atoms with Crippen molar-refractivity contribution in [2.75, 3.05) is 13.1 Å². The molecule has 0 rings (SSSR count). The lowest BCUT2D eigenvalue weighted by atomic mass is 10.2. The molecule has 0 radical (unpaired) electrons. The summed E-state index contributed by atoms with van der Waals surface area (Å²) in [6.07, 6.45) is 0.652. The highest BCUT2D eigenvalue weighted by atomic mass is 16.6. The number of carbonyl (C=O) groups is 2. The summed E-state index contributed by atoms with van der Waals surface area (Å²) in [4.78, 5) is 21.9. The standard InChI is InChI=1S/C12H25N3O3/c1-9(14-7-5-6-10(13)16)8-15-11(17)18-12(2,3)4/h9,14H,5-8H2,1-4H3,(H2,13,16)(H,15,17). The Balaban J connectivity index is 3.61. The second-order valence-electron chi connectivity index (χ2n) is 5.31. The number of carbonyl (C=O) groups excluding carboxylic acids is 2. The predicted octanol–water partition coefficient (Wildman–Crippen LogP) is 0.755. The second-order valence-corrected chi connectivity index (χ2v) is 5.31. The molecule has 6 nitrogen and oxygen atoms in total. The lowest BCUT2D eigenvalue weighted by molar-refractivity contribution is -0.118. The Morgan fingerprint density at radius 1 is 1.33 bits per heavy atom. The van der Waals surface area contributed by atoms with E-state index in [0.717, 1.165) is 0 Å². The number of alkyl carbamates (subject to hydrolysis) is 1. The molecular weight excluding hydrogens is 234 g/mol. The molecule has 1 atom stereocenters. The molecule has 1 unspecified atom stereocenters. The molecule has 6 heteroatoms. The van der Waals surface area contributed by atoms with Crippen molar-refractivity contribution in [1.82, 2.24) is 10.6 Å². The molecule has 106 valence electrons. The Morgan fingerprint density at radius 3 is 2.44 bits per heavy atom. The first-order valence-electron chi connectivity index (χ1n) is 6.19. The van der Waals surface area contributed by atoms with Crippen LogP contribution < -0.4 is 16.4 Å². The molecular formula is C12H25N3O3. The number of primary amides is 1. The second kappa shape index (κ2) is 7.92. The number of ether oxygens (including phenoxy) is 1. The molecule has 0 aliphatic carbocycles. The Labute approximate surface area is 109 Å². The van der Waals surface area contributed by atoms with E-state index >= 15 is 0 Å². The van der Waals surface area contributed by atoms with Gasteiger partial charge < -0.3 is 21.1 Å². The van der Waals surface area contributed by atoms with E-state index in [1.807, 2.05) is 27.7 Å². The highest BCUT2D eigenvalue weighted by Gasteiger charge is 2.16. The topological polar surface area (TPSA) is 93.4 Å². The fourth-order valence-corrected chi connectivity index (χ4v) is 1.23. The van der Waals surface area contributed by atoms with E-state index in [-0.39, 0.29) is 11.9 Å². The lowest BCUT2D eigenvalue weighted by Crippen LogP contribution is -2.41. The molecule has 0 saturated carbocycles. The average molecular weight is 259 g/mol. The van der Waals surface area contributed by atoms with E-state index in [4.69, 9.17) is 10.5 Å². The molecule has 0 aliphatic rings. The first-order valence-corrected chi connectivity index (χ1v) is 6.19. The summed E-state index contributed by atoms with van der Waals surface area (Å²) in [5.74, 6) is -0.295. The number of nitrogens with one attached hydrogen (secondary N) is 2. The number of nitrogens with two attached hydrogens (primary N) is 1. The summed E-state index contributed by atoms with van der Waals surface area (Å²) in [5, 5.41) is 5.85. The molecule has 0 saturated heterocycles. The summed E-state index contributed by atoms with van der Waals surface area (Å²) in [7, 11) is 0. The normalized spacial score (nSPS) is 12.9. The van der Waals surface area contributed by atoms with E-state index in [9.17, 15) is 9.59 Å². The maximum atomic E-state index is 11.4. The van der Waals surface area contributed by atoms with Crippen LogP contribution in [0.1, 0.15) is 40.5 Å². The Morgan fingerprint density at radius 2 is 1.94 bits per heavy atom. The van der Waals surface area contributed by atoms with Gasteiger partial charge in [-0.05, 0) is 40.7 Å². The SMILES string of the molecule is CC(CNC(=O)OC(C)(C)C)NCCCC(N)=O. The fraction of sp³-hybridized carbons (Fsp3) is 0.833. The molecule has 0 bridgehead atoms. The van der Waals surface area contributed by atoms with Crippen molar-refractivity contribution < 1.29 is 14.3 Å². The molecule has 0 heterocycles. The largest absolute Gasteiger partial charge is 0.444 e. The van der Waals surface area contributed by atoms with E-state index in [1.54, 1.807) is 0 Å². The maximum absolute atomic E-state index is 11.4. The minimum absolute atomic E-state index is 0.116. The van der Waals surface area contributed by atoms with Crippen LogP contribution in [0.3, 0.4) is 0 Å². The first-order chi connectivity index (χ1) is 8.20. The van der Waals surface area contributed by atoms with Crippen molar-refractivity contribution in [3.8, 4) is 0 Å². The van der Waals surface area contributed by atoms with Gasteiger partial charge in [0, 0.05) is 19.0 Å². The zero-order valence-electron chi connectivity index (χ0n) is 11.7. The smallest absolute Gasteiger partial charge is 0.407 e. The molecule has 0 spiro atoms. The van der Waals surface area contributed by atoms with Gasteiger partial charge in [-0.1, -0.05) is 0 Å². The highest BCUT2D eigenvalue weighted by Crippen LogP contribution is 2.06. The van der Waals surface area contributed by atoms with Crippen LogP contribution in [0.15, 0.2) is 0 Å². The summed E-state index contributed by atoms with van der Waals surface area (Å²) in [6.45, 7) is 8.57. The molecule has 18 heavy (non-hydrogen) atoms. The van der Waals surface area contributed by atoms with Gasteiger partial charge in [-0.15, -0.1) is 0 Å². The lowest BCUT2D eigenvalue weighted by Gasteiger charge is -2.21. The third kappa shape index (κ3) is 11.2. The molecule has 4 N–H and O–H groups in total. The van der Waals surface area contributed by atoms with Crippen LogP contribution in [0.25, 0.3) is 0 Å². The van der Waals surface area contributed by atoms with E-state index < -0.39 is 11.7 Å². The van der Waals surface area contributed by atoms with E-state index in [0.29, 0.717) is 25.9 Å². The van der Waals surface area contributed by atoms with Gasteiger partial charge in [-0.2, -0.15) is 0 Å². The quantitative estimate of drug-likeness (QED) is 0.588. The van der Waals surface area contributed by atoms with Crippen molar-refractivity contribution in [3.05, 3.63) is 0 Å². The van der Waals surface area contributed by atoms with Gasteiger partial charge >= 0.3 is 6.09 Å². The van der Waals surface area contributed by atoms with Crippen LogP contribution in [0.5, 0.6) is 0 Å². The zero-order chi connectivity index (χ0) is 14.2. The van der Waals surface area contributed by atoms with Crippen molar-refractivity contribution in [3.63, 3.8) is 0 Å². The van der Waals surface area contributed by atoms with Gasteiger partial charge in [0.05, 0.1) is 0 Å². The van der Waals surface area contributed by atoms with Gasteiger partial charge in [0.25, 0.3) is 0 Å². The van der Waals surface area contributed by atoms with Gasteiger partial charge in [0.15, 0.2) is 0 Å². The van der Waals surface area contributed by atoms with Crippen LogP contribution in [0.4, 0.5) is 4.79 Å². The monoisotopic (exact) mass is 259 g/mol. The van der Waals surface area contributed by atoms with Gasteiger partial charge in [0.1, 0.15) is 5.60 Å². The Hall–Kier alpha value is -1.30. The number of rotatable bonds is 7. The number of hydrogen-bond donors (Lipinski definition) is 3. The van der Waals surface area contributed by atoms with Crippen molar-refractivity contribution >= 4 is 12.0 Å². The third-order valence-electron chi connectivity index (χ3n) is 2.04. The molecule has 0 aromatic rings. The van der Waals surface area contributed by atoms with Gasteiger partial charge in [-0.3, -0.25) is 4.79 Å². The minimum atomic E-state index is -0.484. The Bertz CT molecular complexity index is 274. The molecule has 0 aliphatic heterocycles. The number of amides is 2. The Kier molecular flexibility index (Phi) is 7.35.